The van der Waals surface area contributed by atoms with E-state index in [1.807, 2.05) is 24.8 Å². The number of hydrogen-bond acceptors (Lipinski definition) is 5. The largest absolute Gasteiger partial charge is 0.372 e. The van der Waals surface area contributed by atoms with Crippen molar-refractivity contribution >= 4 is 21.4 Å². The zero-order chi connectivity index (χ0) is 23.7. The molecule has 0 radical (unpaired) electrons. The molecule has 3 rings (SSSR count). The molecule has 2 saturated heterocycles. The summed E-state index contributed by atoms with van der Waals surface area (Å²) in [5.74, 6) is -0.104. The lowest BCUT2D eigenvalue weighted by Crippen LogP contribution is -2.45. The fraction of sp³-hybridized carbons (Fsp3) is 0.708. The maximum absolute atomic E-state index is 14.8. The first-order valence-electron chi connectivity index (χ1n) is 11.5. The van der Waals surface area contributed by atoms with E-state index < -0.39 is 14.6 Å². The number of anilines is 1. The first-order valence-corrected chi connectivity index (χ1v) is 13.2. The Kier molecular flexibility index (Phi) is 7.55. The van der Waals surface area contributed by atoms with Crippen molar-refractivity contribution in [2.24, 2.45) is 5.92 Å². The predicted molar refractivity (Wildman–Crippen MR) is 125 cm³/mol. The van der Waals surface area contributed by atoms with Crippen LogP contribution in [-0.2, 0) is 25.8 Å². The van der Waals surface area contributed by atoms with Crippen LogP contribution in [0, 0.1) is 11.7 Å². The minimum absolute atomic E-state index is 0.0390. The van der Waals surface area contributed by atoms with Crippen molar-refractivity contribution in [2.75, 3.05) is 36.8 Å². The number of likely N-dealkylation sites (tertiary alicyclic amines) is 1. The molecule has 1 amide bonds. The van der Waals surface area contributed by atoms with Gasteiger partial charge < -0.3 is 14.5 Å². The highest BCUT2D eigenvalue weighted by molar-refractivity contribution is 7.92. The first-order chi connectivity index (χ1) is 14.9. The summed E-state index contributed by atoms with van der Waals surface area (Å²) in [7, 11) is -3.17. The Morgan fingerprint density at radius 1 is 1.12 bits per heavy atom. The molecule has 2 aliphatic rings. The van der Waals surface area contributed by atoms with E-state index in [9.17, 15) is 17.6 Å². The summed E-state index contributed by atoms with van der Waals surface area (Å²) in [6, 6.07) is 5.04. The number of morpholine rings is 1. The van der Waals surface area contributed by atoms with Crippen molar-refractivity contribution in [1.82, 2.24) is 4.90 Å². The van der Waals surface area contributed by atoms with Crippen LogP contribution in [0.3, 0.4) is 0 Å². The van der Waals surface area contributed by atoms with E-state index >= 15 is 0 Å². The maximum Gasteiger partial charge on any atom is 0.226 e. The Labute approximate surface area is 192 Å². The quantitative estimate of drug-likeness (QED) is 0.662. The second-order valence-electron chi connectivity index (χ2n) is 10.3. The molecule has 0 aromatic heterocycles. The van der Waals surface area contributed by atoms with Crippen LogP contribution >= 0.6 is 0 Å². The highest BCUT2D eigenvalue weighted by Crippen LogP contribution is 2.27. The van der Waals surface area contributed by atoms with E-state index in [-0.39, 0.29) is 42.0 Å². The summed E-state index contributed by atoms with van der Waals surface area (Å²) in [5.41, 5.74) is 1.20. The van der Waals surface area contributed by atoms with Crippen molar-refractivity contribution < 1.29 is 22.3 Å². The van der Waals surface area contributed by atoms with E-state index in [0.717, 1.165) is 0 Å². The Bertz CT molecular complexity index is 910. The van der Waals surface area contributed by atoms with Crippen LogP contribution in [0.2, 0.25) is 0 Å². The van der Waals surface area contributed by atoms with Gasteiger partial charge >= 0.3 is 0 Å². The molecular formula is C24H37FN2O4S. The van der Waals surface area contributed by atoms with Crippen LogP contribution in [0.5, 0.6) is 0 Å². The number of halogens is 1. The van der Waals surface area contributed by atoms with Gasteiger partial charge in [-0.3, -0.25) is 4.79 Å². The average molecular weight is 469 g/mol. The molecule has 0 saturated carbocycles. The Balaban J connectivity index is 1.55. The minimum Gasteiger partial charge on any atom is -0.372 e. The number of piperidine rings is 1. The van der Waals surface area contributed by atoms with Gasteiger partial charge in [-0.1, -0.05) is 6.07 Å². The molecule has 8 heteroatoms. The number of carbonyl (C=O) groups is 1. The standard InChI is InChI=1S/C24H37FN2O4S/c1-17-14-27(15-18(2)31-17)22-7-6-20(12-21(22)25)13-23(28)26-10-8-19(9-11-26)16-32(29,30)24(3,4)5/h6-7,12,17-19H,8-11,13-16H2,1-5H3/t17-,18+. The first kappa shape index (κ1) is 25.0. The molecule has 1 aromatic rings. The van der Waals surface area contributed by atoms with Gasteiger partial charge in [-0.15, -0.1) is 0 Å². The van der Waals surface area contributed by atoms with Gasteiger partial charge in [0.05, 0.1) is 34.8 Å². The lowest BCUT2D eigenvalue weighted by molar-refractivity contribution is -0.131. The van der Waals surface area contributed by atoms with E-state index in [4.69, 9.17) is 4.74 Å². The lowest BCUT2D eigenvalue weighted by Gasteiger charge is -2.37. The summed E-state index contributed by atoms with van der Waals surface area (Å²) in [4.78, 5) is 16.5. The fourth-order valence-corrected chi connectivity index (χ4v) is 5.94. The molecule has 2 aliphatic heterocycles. The smallest absolute Gasteiger partial charge is 0.226 e. The van der Waals surface area contributed by atoms with Gasteiger partial charge in [-0.25, -0.2) is 12.8 Å². The number of nitrogens with zero attached hydrogens (tertiary/aromatic N) is 2. The minimum atomic E-state index is -3.17. The number of rotatable bonds is 5. The normalized spacial score (nSPS) is 23.4. The van der Waals surface area contributed by atoms with Gasteiger partial charge in [0.15, 0.2) is 9.84 Å². The zero-order valence-corrected chi connectivity index (χ0v) is 20.8. The second kappa shape index (κ2) is 9.67. The molecule has 0 spiro atoms. The molecule has 2 fully saturated rings. The number of sulfone groups is 1. The summed E-state index contributed by atoms with van der Waals surface area (Å²) in [6.07, 6.45) is 1.60. The van der Waals surface area contributed by atoms with Crippen molar-refractivity contribution in [3.8, 4) is 0 Å². The molecule has 32 heavy (non-hydrogen) atoms. The summed E-state index contributed by atoms with van der Waals surface area (Å²) < 4.78 is 44.7. The topological polar surface area (TPSA) is 66.9 Å². The van der Waals surface area contributed by atoms with E-state index in [1.165, 1.54) is 6.07 Å². The third-order valence-corrected chi connectivity index (χ3v) is 9.26. The third kappa shape index (κ3) is 6.01. The molecule has 180 valence electrons. The van der Waals surface area contributed by atoms with Gasteiger partial charge in [0.1, 0.15) is 5.82 Å². The van der Waals surface area contributed by atoms with Gasteiger partial charge in [0, 0.05) is 26.2 Å². The van der Waals surface area contributed by atoms with E-state index in [2.05, 4.69) is 0 Å². The Morgan fingerprint density at radius 3 is 2.25 bits per heavy atom. The molecule has 2 heterocycles. The summed E-state index contributed by atoms with van der Waals surface area (Å²) in [6.45, 7) is 11.5. The van der Waals surface area contributed by atoms with Gasteiger partial charge in [0.2, 0.25) is 5.91 Å². The van der Waals surface area contributed by atoms with Crippen molar-refractivity contribution in [3.05, 3.63) is 29.6 Å². The van der Waals surface area contributed by atoms with Crippen LogP contribution in [0.4, 0.5) is 10.1 Å². The van der Waals surface area contributed by atoms with E-state index in [0.29, 0.717) is 50.3 Å². The van der Waals surface area contributed by atoms with Crippen LogP contribution in [0.15, 0.2) is 18.2 Å². The number of benzene rings is 1. The van der Waals surface area contributed by atoms with E-state index in [1.54, 1.807) is 31.7 Å². The third-order valence-electron chi connectivity index (χ3n) is 6.48. The SMILES string of the molecule is C[C@@H]1CN(c2ccc(CC(=O)N3CCC(CS(=O)(=O)C(C)(C)C)CC3)cc2F)C[C@H](C)O1. The number of hydrogen-bond donors (Lipinski definition) is 0. The molecule has 0 unspecified atom stereocenters. The maximum atomic E-state index is 14.8. The van der Waals surface area contributed by atoms with Crippen LogP contribution < -0.4 is 4.90 Å². The molecular weight excluding hydrogens is 431 g/mol. The fourth-order valence-electron chi connectivity index (χ4n) is 4.49. The monoisotopic (exact) mass is 468 g/mol. The number of carbonyl (C=O) groups excluding carboxylic acids is 1. The number of amides is 1. The molecule has 0 bridgehead atoms. The van der Waals surface area contributed by atoms with Crippen LogP contribution in [0.25, 0.3) is 0 Å². The summed E-state index contributed by atoms with van der Waals surface area (Å²) in [5, 5.41) is 0. The van der Waals surface area contributed by atoms with Gasteiger partial charge in [-0.05, 0) is 71.1 Å². The molecule has 6 nitrogen and oxygen atoms in total. The molecule has 0 aliphatic carbocycles. The summed E-state index contributed by atoms with van der Waals surface area (Å²) >= 11 is 0. The second-order valence-corrected chi connectivity index (χ2v) is 13.1. The lowest BCUT2D eigenvalue weighted by atomic mass is 9.98. The van der Waals surface area contributed by atoms with Crippen molar-refractivity contribution in [1.29, 1.82) is 0 Å². The number of ether oxygens (including phenoxy) is 1. The highest BCUT2D eigenvalue weighted by Gasteiger charge is 2.33. The zero-order valence-electron chi connectivity index (χ0n) is 19.9. The molecule has 0 N–H and O–H groups in total. The predicted octanol–water partition coefficient (Wildman–Crippen LogP) is 3.43. The van der Waals surface area contributed by atoms with Crippen molar-refractivity contribution in [3.63, 3.8) is 0 Å². The van der Waals surface area contributed by atoms with Crippen LogP contribution in [-0.4, -0.2) is 68.1 Å². The van der Waals surface area contributed by atoms with Crippen LogP contribution in [0.1, 0.15) is 53.0 Å². The molecule has 2 atom stereocenters. The molecule has 1 aromatic carbocycles. The Morgan fingerprint density at radius 2 is 1.72 bits per heavy atom. The highest BCUT2D eigenvalue weighted by atomic mass is 32.2. The Hall–Kier alpha value is -1.67. The van der Waals surface area contributed by atoms with Crippen molar-refractivity contribution in [2.45, 2.75) is 70.8 Å². The average Bonchev–Trinajstić information content (AvgIpc) is 2.66. The van der Waals surface area contributed by atoms with Gasteiger partial charge in [0.25, 0.3) is 0 Å². The van der Waals surface area contributed by atoms with Gasteiger partial charge in [-0.2, -0.15) is 0 Å².